The number of anilines is 1. The number of hydrogen-bond acceptors (Lipinski definition) is 3. The van der Waals surface area contributed by atoms with Crippen molar-refractivity contribution in [1.29, 1.82) is 0 Å². The maximum absolute atomic E-state index is 12.2. The fourth-order valence-corrected chi connectivity index (χ4v) is 1.67. The molecule has 0 spiro atoms. The number of nitrogens with zero attached hydrogens (tertiary/aromatic N) is 2. The van der Waals surface area contributed by atoms with Crippen molar-refractivity contribution >= 4 is 11.6 Å². The number of aryl methyl sites for hydroxylation is 1. The molecular weight excluding hydrogens is 228 g/mol. The number of carbonyl (C=O) groups is 1. The third kappa shape index (κ3) is 2.48. The average molecular weight is 242 g/mol. The van der Waals surface area contributed by atoms with Crippen molar-refractivity contribution in [2.24, 2.45) is 0 Å². The van der Waals surface area contributed by atoms with E-state index >= 15 is 0 Å². The molecule has 1 amide bonds. The summed E-state index contributed by atoms with van der Waals surface area (Å²) in [6, 6.07) is 9.93. The van der Waals surface area contributed by atoms with E-state index in [-0.39, 0.29) is 11.7 Å². The number of amides is 1. The lowest BCUT2D eigenvalue weighted by Gasteiger charge is -2.17. The Balaban J connectivity index is 2.26. The zero-order valence-corrected chi connectivity index (χ0v) is 10.3. The second-order valence-electron chi connectivity index (χ2n) is 4.07. The van der Waals surface area contributed by atoms with Gasteiger partial charge in [0.1, 0.15) is 5.75 Å². The number of benzene rings is 1. The number of phenols is 1. The van der Waals surface area contributed by atoms with Crippen LogP contribution < -0.4 is 4.90 Å². The molecule has 1 N–H and O–H groups in total. The lowest BCUT2D eigenvalue weighted by Crippen LogP contribution is -2.26. The summed E-state index contributed by atoms with van der Waals surface area (Å²) in [5, 5.41) is 9.22. The van der Waals surface area contributed by atoms with Gasteiger partial charge in [0.2, 0.25) is 0 Å². The molecular formula is C14H14N2O2. The van der Waals surface area contributed by atoms with Crippen molar-refractivity contribution in [3.05, 3.63) is 53.9 Å². The van der Waals surface area contributed by atoms with Gasteiger partial charge < -0.3 is 10.0 Å². The van der Waals surface area contributed by atoms with E-state index in [0.717, 1.165) is 11.4 Å². The number of aromatic hydroxyl groups is 1. The molecule has 4 heteroatoms. The van der Waals surface area contributed by atoms with E-state index in [9.17, 15) is 9.90 Å². The monoisotopic (exact) mass is 242 g/mol. The lowest BCUT2D eigenvalue weighted by atomic mass is 10.2. The second-order valence-corrected chi connectivity index (χ2v) is 4.07. The predicted molar refractivity (Wildman–Crippen MR) is 69.8 cm³/mol. The minimum absolute atomic E-state index is 0.105. The standard InChI is InChI=1S/C14H14N2O2/c1-10-9-11(7-8-15-10)14(18)16(2)12-3-5-13(17)6-4-12/h3-9,17H,1-2H3. The van der Waals surface area contributed by atoms with Gasteiger partial charge >= 0.3 is 0 Å². The minimum atomic E-state index is -0.105. The highest BCUT2D eigenvalue weighted by Gasteiger charge is 2.13. The first kappa shape index (κ1) is 12.1. The molecule has 18 heavy (non-hydrogen) atoms. The quantitative estimate of drug-likeness (QED) is 0.879. The number of rotatable bonds is 2. The lowest BCUT2D eigenvalue weighted by molar-refractivity contribution is 0.0993. The molecule has 0 unspecified atom stereocenters. The van der Waals surface area contributed by atoms with E-state index in [1.54, 1.807) is 49.6 Å². The first-order valence-electron chi connectivity index (χ1n) is 5.57. The summed E-state index contributed by atoms with van der Waals surface area (Å²) in [6.45, 7) is 1.84. The van der Waals surface area contributed by atoms with E-state index in [1.165, 1.54) is 4.90 Å². The smallest absolute Gasteiger partial charge is 0.258 e. The summed E-state index contributed by atoms with van der Waals surface area (Å²) >= 11 is 0. The topological polar surface area (TPSA) is 53.4 Å². The molecule has 0 aliphatic carbocycles. The van der Waals surface area contributed by atoms with Gasteiger partial charge in [-0.2, -0.15) is 0 Å². The first-order valence-corrected chi connectivity index (χ1v) is 5.57. The minimum Gasteiger partial charge on any atom is -0.508 e. The van der Waals surface area contributed by atoms with E-state index in [1.807, 2.05) is 6.92 Å². The molecule has 0 bridgehead atoms. The maximum atomic E-state index is 12.2. The predicted octanol–water partition coefficient (Wildman–Crippen LogP) is 2.37. The van der Waals surface area contributed by atoms with Crippen molar-refractivity contribution in [2.75, 3.05) is 11.9 Å². The number of aromatic nitrogens is 1. The number of phenolic OH excluding ortho intramolecular Hbond substituents is 1. The van der Waals surface area contributed by atoms with Gasteiger partial charge in [0.25, 0.3) is 5.91 Å². The third-order valence-corrected chi connectivity index (χ3v) is 2.69. The van der Waals surface area contributed by atoms with Crippen LogP contribution in [0.15, 0.2) is 42.6 Å². The molecule has 0 aliphatic rings. The molecule has 4 nitrogen and oxygen atoms in total. The molecule has 0 atom stereocenters. The SMILES string of the molecule is Cc1cc(C(=O)N(C)c2ccc(O)cc2)ccn1. The fraction of sp³-hybridized carbons (Fsp3) is 0.143. The summed E-state index contributed by atoms with van der Waals surface area (Å²) in [4.78, 5) is 17.8. The van der Waals surface area contributed by atoms with Crippen molar-refractivity contribution in [1.82, 2.24) is 4.98 Å². The van der Waals surface area contributed by atoms with Gasteiger partial charge in [0, 0.05) is 30.2 Å². The molecule has 0 radical (unpaired) electrons. The van der Waals surface area contributed by atoms with Gasteiger partial charge in [-0.3, -0.25) is 9.78 Å². The van der Waals surface area contributed by atoms with Gasteiger partial charge in [-0.05, 0) is 43.3 Å². The van der Waals surface area contributed by atoms with E-state index in [4.69, 9.17) is 0 Å². The highest BCUT2D eigenvalue weighted by atomic mass is 16.3. The van der Waals surface area contributed by atoms with E-state index < -0.39 is 0 Å². The van der Waals surface area contributed by atoms with Gasteiger partial charge in [-0.15, -0.1) is 0 Å². The molecule has 92 valence electrons. The largest absolute Gasteiger partial charge is 0.508 e. The molecule has 0 saturated carbocycles. The van der Waals surface area contributed by atoms with Crippen LogP contribution >= 0.6 is 0 Å². The van der Waals surface area contributed by atoms with Gasteiger partial charge in [0.15, 0.2) is 0 Å². The molecule has 0 fully saturated rings. The maximum Gasteiger partial charge on any atom is 0.258 e. The van der Waals surface area contributed by atoms with Crippen LogP contribution in [0.25, 0.3) is 0 Å². The van der Waals surface area contributed by atoms with Crippen molar-refractivity contribution < 1.29 is 9.90 Å². The van der Waals surface area contributed by atoms with E-state index in [0.29, 0.717) is 5.56 Å². The molecule has 1 aromatic carbocycles. The summed E-state index contributed by atoms with van der Waals surface area (Å²) in [7, 11) is 1.70. The summed E-state index contributed by atoms with van der Waals surface area (Å²) in [5.41, 5.74) is 2.13. The highest BCUT2D eigenvalue weighted by molar-refractivity contribution is 6.05. The highest BCUT2D eigenvalue weighted by Crippen LogP contribution is 2.19. The van der Waals surface area contributed by atoms with Crippen molar-refractivity contribution in [3.8, 4) is 5.75 Å². The van der Waals surface area contributed by atoms with Crippen molar-refractivity contribution in [3.63, 3.8) is 0 Å². The van der Waals surface area contributed by atoms with Crippen LogP contribution in [0, 0.1) is 6.92 Å². The fourth-order valence-electron chi connectivity index (χ4n) is 1.67. The molecule has 2 rings (SSSR count). The molecule has 1 aromatic heterocycles. The Morgan fingerprint density at radius 1 is 1.22 bits per heavy atom. The van der Waals surface area contributed by atoms with Crippen LogP contribution in [-0.2, 0) is 0 Å². The number of pyridine rings is 1. The van der Waals surface area contributed by atoms with Crippen LogP contribution in [0.4, 0.5) is 5.69 Å². The molecule has 0 saturated heterocycles. The molecule has 0 aliphatic heterocycles. The Bertz CT molecular complexity index is 564. The van der Waals surface area contributed by atoms with Crippen LogP contribution in [0.5, 0.6) is 5.75 Å². The van der Waals surface area contributed by atoms with Gasteiger partial charge in [0.05, 0.1) is 0 Å². The Kier molecular flexibility index (Phi) is 3.28. The summed E-state index contributed by atoms with van der Waals surface area (Å²) in [6.07, 6.45) is 1.62. The summed E-state index contributed by atoms with van der Waals surface area (Å²) in [5.74, 6) is 0.0746. The van der Waals surface area contributed by atoms with Gasteiger partial charge in [-0.1, -0.05) is 0 Å². The zero-order valence-electron chi connectivity index (χ0n) is 10.3. The first-order chi connectivity index (χ1) is 8.58. The Morgan fingerprint density at radius 2 is 1.89 bits per heavy atom. The zero-order chi connectivity index (χ0) is 13.1. The Morgan fingerprint density at radius 3 is 2.50 bits per heavy atom. The second kappa shape index (κ2) is 4.87. The Labute approximate surface area is 106 Å². The molecule has 1 heterocycles. The van der Waals surface area contributed by atoms with Crippen molar-refractivity contribution in [2.45, 2.75) is 6.92 Å². The molecule has 2 aromatic rings. The number of carbonyl (C=O) groups excluding carboxylic acids is 1. The van der Waals surface area contributed by atoms with Crippen LogP contribution in [0.3, 0.4) is 0 Å². The third-order valence-electron chi connectivity index (χ3n) is 2.69. The van der Waals surface area contributed by atoms with Crippen LogP contribution in [0.1, 0.15) is 16.1 Å². The summed E-state index contributed by atoms with van der Waals surface area (Å²) < 4.78 is 0. The number of hydrogen-bond donors (Lipinski definition) is 1. The average Bonchev–Trinajstić information content (AvgIpc) is 2.38. The van der Waals surface area contributed by atoms with Crippen LogP contribution in [-0.4, -0.2) is 23.0 Å². The van der Waals surface area contributed by atoms with Crippen LogP contribution in [0.2, 0.25) is 0 Å². The van der Waals surface area contributed by atoms with E-state index in [2.05, 4.69) is 4.98 Å². The van der Waals surface area contributed by atoms with Gasteiger partial charge in [-0.25, -0.2) is 0 Å². The normalized spacial score (nSPS) is 10.1. The Hall–Kier alpha value is -2.36.